The fraction of sp³-hybridized carbons (Fsp3) is 0.0500. The summed E-state index contributed by atoms with van der Waals surface area (Å²) in [5.41, 5.74) is 1.34. The van der Waals surface area contributed by atoms with Crippen molar-refractivity contribution in [3.8, 4) is 0 Å². The second-order valence-electron chi connectivity index (χ2n) is 5.25. The molecule has 114 valence electrons. The number of aliphatic hydroxyl groups is 1. The second kappa shape index (κ2) is 6.46. The fourth-order valence-corrected chi connectivity index (χ4v) is 2.82. The Labute approximate surface area is 135 Å². The molecule has 0 spiro atoms. The third-order valence-electron chi connectivity index (χ3n) is 3.91. The maximum absolute atomic E-state index is 11.7. The lowest BCUT2D eigenvalue weighted by atomic mass is 9.79. The molecule has 0 saturated carbocycles. The van der Waals surface area contributed by atoms with Crippen LogP contribution in [0, 0.1) is 0 Å². The molecule has 1 amide bonds. The van der Waals surface area contributed by atoms with Crippen molar-refractivity contribution < 1.29 is 9.90 Å². The predicted molar refractivity (Wildman–Crippen MR) is 91.1 cm³/mol. The molecule has 0 fully saturated rings. The molecular formula is C20H17NO2. The Morgan fingerprint density at radius 1 is 0.739 bits per heavy atom. The average Bonchev–Trinajstić information content (AvgIpc) is 2.63. The predicted octanol–water partition coefficient (Wildman–Crippen LogP) is 3.54. The highest BCUT2D eigenvalue weighted by atomic mass is 16.3. The molecule has 0 atom stereocenters. The highest BCUT2D eigenvalue weighted by Crippen LogP contribution is 2.39. The maximum atomic E-state index is 11.7. The van der Waals surface area contributed by atoms with Gasteiger partial charge in [-0.2, -0.15) is 0 Å². The Bertz CT molecular complexity index is 746. The van der Waals surface area contributed by atoms with E-state index in [1.165, 1.54) is 0 Å². The molecule has 0 radical (unpaired) electrons. The van der Waals surface area contributed by atoms with Crippen LogP contribution in [0.4, 0.5) is 5.69 Å². The number of carbonyl (C=O) groups is 1. The van der Waals surface area contributed by atoms with Gasteiger partial charge in [0.2, 0.25) is 6.41 Å². The molecule has 2 N–H and O–H groups in total. The van der Waals surface area contributed by atoms with Crippen molar-refractivity contribution in [3.63, 3.8) is 0 Å². The van der Waals surface area contributed by atoms with Crippen LogP contribution >= 0.6 is 0 Å². The molecule has 0 unspecified atom stereocenters. The zero-order valence-corrected chi connectivity index (χ0v) is 12.5. The van der Waals surface area contributed by atoms with Gasteiger partial charge in [-0.3, -0.25) is 4.79 Å². The summed E-state index contributed by atoms with van der Waals surface area (Å²) >= 11 is 0. The van der Waals surface area contributed by atoms with Crippen molar-refractivity contribution in [2.24, 2.45) is 0 Å². The first-order valence-corrected chi connectivity index (χ1v) is 7.40. The number of amides is 1. The molecule has 3 aromatic rings. The van der Waals surface area contributed by atoms with Crippen LogP contribution in [0.15, 0.2) is 84.9 Å². The fourth-order valence-electron chi connectivity index (χ4n) is 2.82. The van der Waals surface area contributed by atoms with Gasteiger partial charge in [-0.1, -0.05) is 78.9 Å². The first-order chi connectivity index (χ1) is 11.3. The molecule has 0 aliphatic heterocycles. The van der Waals surface area contributed by atoms with Gasteiger partial charge in [0.05, 0.1) is 0 Å². The quantitative estimate of drug-likeness (QED) is 0.559. The summed E-state index contributed by atoms with van der Waals surface area (Å²) < 4.78 is 0. The van der Waals surface area contributed by atoms with Crippen molar-refractivity contribution in [2.45, 2.75) is 5.60 Å². The largest absolute Gasteiger partial charge is 0.376 e. The Morgan fingerprint density at radius 2 is 1.22 bits per heavy atom. The average molecular weight is 303 g/mol. The van der Waals surface area contributed by atoms with Crippen LogP contribution in [0.25, 0.3) is 0 Å². The Hall–Kier alpha value is -2.91. The molecule has 0 aliphatic rings. The molecule has 0 aliphatic carbocycles. The van der Waals surface area contributed by atoms with Crippen molar-refractivity contribution in [2.75, 3.05) is 5.32 Å². The van der Waals surface area contributed by atoms with E-state index < -0.39 is 5.60 Å². The topological polar surface area (TPSA) is 49.3 Å². The lowest BCUT2D eigenvalue weighted by Crippen LogP contribution is -2.29. The van der Waals surface area contributed by atoms with Crippen LogP contribution in [-0.2, 0) is 10.4 Å². The lowest BCUT2D eigenvalue weighted by Gasteiger charge is -2.31. The van der Waals surface area contributed by atoms with Gasteiger partial charge in [0.1, 0.15) is 5.60 Å². The van der Waals surface area contributed by atoms with E-state index in [2.05, 4.69) is 5.32 Å². The van der Waals surface area contributed by atoms with Gasteiger partial charge in [0, 0.05) is 11.3 Å². The standard InChI is InChI=1S/C20H17NO2/c22-15-21-19-14-8-7-13-18(19)20(23,16-9-3-1-4-10-16)17-11-5-2-6-12-17/h1-15,23H,(H,21,22). The third-order valence-corrected chi connectivity index (χ3v) is 3.91. The number of anilines is 1. The molecule has 0 aromatic heterocycles. The van der Waals surface area contributed by atoms with E-state index in [0.717, 1.165) is 11.1 Å². The van der Waals surface area contributed by atoms with E-state index in [1.807, 2.05) is 78.9 Å². The maximum Gasteiger partial charge on any atom is 0.211 e. The summed E-state index contributed by atoms with van der Waals surface area (Å²) in [6.07, 6.45) is 0.620. The number of para-hydroxylation sites is 1. The molecular weight excluding hydrogens is 286 g/mol. The van der Waals surface area contributed by atoms with Gasteiger partial charge < -0.3 is 10.4 Å². The number of hydrogen-bond acceptors (Lipinski definition) is 2. The third kappa shape index (κ3) is 2.74. The Kier molecular flexibility index (Phi) is 4.22. The van der Waals surface area contributed by atoms with Crippen LogP contribution in [0.2, 0.25) is 0 Å². The molecule has 0 bridgehead atoms. The smallest absolute Gasteiger partial charge is 0.211 e. The zero-order chi connectivity index (χ0) is 16.1. The van der Waals surface area contributed by atoms with Crippen molar-refractivity contribution >= 4 is 12.1 Å². The number of benzene rings is 3. The SMILES string of the molecule is O=CNc1ccccc1C(O)(c1ccccc1)c1ccccc1. The second-order valence-corrected chi connectivity index (χ2v) is 5.25. The molecule has 0 saturated heterocycles. The minimum atomic E-state index is -1.35. The zero-order valence-electron chi connectivity index (χ0n) is 12.5. The number of hydrogen-bond donors (Lipinski definition) is 2. The number of carbonyl (C=O) groups excluding carboxylic acids is 1. The van der Waals surface area contributed by atoms with E-state index in [4.69, 9.17) is 0 Å². The van der Waals surface area contributed by atoms with E-state index in [0.29, 0.717) is 17.7 Å². The van der Waals surface area contributed by atoms with Gasteiger partial charge in [-0.25, -0.2) is 0 Å². The molecule has 0 heterocycles. The van der Waals surface area contributed by atoms with Crippen LogP contribution in [0.5, 0.6) is 0 Å². The van der Waals surface area contributed by atoms with Crippen LogP contribution in [0.3, 0.4) is 0 Å². The molecule has 3 nitrogen and oxygen atoms in total. The first-order valence-electron chi connectivity index (χ1n) is 7.40. The van der Waals surface area contributed by atoms with Crippen LogP contribution in [0.1, 0.15) is 16.7 Å². The summed E-state index contributed by atoms with van der Waals surface area (Å²) in [4.78, 5) is 10.9. The van der Waals surface area contributed by atoms with Gasteiger partial charge in [0.25, 0.3) is 0 Å². The summed E-state index contributed by atoms with van der Waals surface area (Å²) in [6.45, 7) is 0. The van der Waals surface area contributed by atoms with Gasteiger partial charge in [0.15, 0.2) is 0 Å². The number of rotatable bonds is 5. The van der Waals surface area contributed by atoms with Crippen LogP contribution < -0.4 is 5.32 Å². The normalized spacial score (nSPS) is 11.0. The van der Waals surface area contributed by atoms with E-state index in [1.54, 1.807) is 6.07 Å². The van der Waals surface area contributed by atoms with Crippen molar-refractivity contribution in [1.82, 2.24) is 0 Å². The highest BCUT2D eigenvalue weighted by Gasteiger charge is 2.35. The monoisotopic (exact) mass is 303 g/mol. The van der Waals surface area contributed by atoms with Crippen molar-refractivity contribution in [1.29, 1.82) is 0 Å². The summed E-state index contributed by atoms with van der Waals surface area (Å²) in [5.74, 6) is 0. The molecule has 3 aromatic carbocycles. The highest BCUT2D eigenvalue weighted by molar-refractivity contribution is 5.75. The molecule has 3 rings (SSSR count). The van der Waals surface area contributed by atoms with Gasteiger partial charge in [-0.05, 0) is 17.2 Å². The molecule has 23 heavy (non-hydrogen) atoms. The Balaban J connectivity index is 2.28. The van der Waals surface area contributed by atoms with E-state index in [9.17, 15) is 9.90 Å². The summed E-state index contributed by atoms with van der Waals surface area (Å²) in [5, 5.41) is 14.4. The first kappa shape index (κ1) is 15.0. The Morgan fingerprint density at radius 3 is 1.74 bits per heavy atom. The minimum absolute atomic E-state index is 0.581. The minimum Gasteiger partial charge on any atom is -0.376 e. The van der Waals surface area contributed by atoms with Gasteiger partial charge in [-0.15, -0.1) is 0 Å². The van der Waals surface area contributed by atoms with Crippen molar-refractivity contribution in [3.05, 3.63) is 102 Å². The summed E-state index contributed by atoms with van der Waals surface area (Å²) in [7, 11) is 0. The van der Waals surface area contributed by atoms with Gasteiger partial charge >= 0.3 is 0 Å². The lowest BCUT2D eigenvalue weighted by molar-refractivity contribution is -0.105. The summed E-state index contributed by atoms with van der Waals surface area (Å²) in [6, 6.07) is 26.2. The number of nitrogens with one attached hydrogen (secondary N) is 1. The van der Waals surface area contributed by atoms with Crippen LogP contribution in [-0.4, -0.2) is 11.5 Å². The van der Waals surface area contributed by atoms with E-state index in [-0.39, 0.29) is 0 Å². The van der Waals surface area contributed by atoms with E-state index >= 15 is 0 Å². The molecule has 3 heteroatoms.